The van der Waals surface area contributed by atoms with Gasteiger partial charge in [-0.25, -0.2) is 4.98 Å². The van der Waals surface area contributed by atoms with Crippen LogP contribution in [0.25, 0.3) is 0 Å². The highest BCUT2D eigenvalue weighted by atomic mass is 32.1. The van der Waals surface area contributed by atoms with E-state index in [0.29, 0.717) is 26.2 Å². The smallest absolute Gasteiger partial charge is 0.264 e. The van der Waals surface area contributed by atoms with Crippen LogP contribution in [0.1, 0.15) is 48.2 Å². The Morgan fingerprint density at radius 1 is 1.12 bits per heavy atom. The Morgan fingerprint density at radius 2 is 1.80 bits per heavy atom. The van der Waals surface area contributed by atoms with Crippen molar-refractivity contribution in [3.63, 3.8) is 0 Å². The molecule has 1 fully saturated rings. The van der Waals surface area contributed by atoms with Gasteiger partial charge in [0, 0.05) is 44.5 Å². The zero-order valence-electron chi connectivity index (χ0n) is 14.9. The van der Waals surface area contributed by atoms with E-state index in [0.717, 1.165) is 10.7 Å². The fourth-order valence-corrected chi connectivity index (χ4v) is 3.86. The number of rotatable bonds is 4. The molecule has 3 heterocycles. The Labute approximate surface area is 152 Å². The molecule has 0 aliphatic carbocycles. The predicted molar refractivity (Wildman–Crippen MR) is 97.8 cm³/mol. The van der Waals surface area contributed by atoms with Crippen LogP contribution in [0, 0.1) is 0 Å². The average Bonchev–Trinajstić information content (AvgIpc) is 3.31. The van der Waals surface area contributed by atoms with Gasteiger partial charge in [0.1, 0.15) is 11.9 Å². The molecule has 2 aromatic heterocycles. The van der Waals surface area contributed by atoms with Gasteiger partial charge >= 0.3 is 0 Å². The third kappa shape index (κ3) is 3.61. The van der Waals surface area contributed by atoms with Crippen molar-refractivity contribution in [1.29, 1.82) is 0 Å². The summed E-state index contributed by atoms with van der Waals surface area (Å²) in [7, 11) is 0. The summed E-state index contributed by atoms with van der Waals surface area (Å²) in [5.41, 5.74) is 0. The number of amides is 2. The third-order valence-electron chi connectivity index (χ3n) is 4.60. The molecule has 134 valence electrons. The van der Waals surface area contributed by atoms with Crippen molar-refractivity contribution in [2.45, 2.75) is 32.7 Å². The number of nitrogens with zero attached hydrogens (tertiary/aromatic N) is 4. The number of thiophene rings is 1. The average molecular weight is 360 g/mol. The maximum Gasteiger partial charge on any atom is 0.264 e. The fourth-order valence-electron chi connectivity index (χ4n) is 3.17. The van der Waals surface area contributed by atoms with Gasteiger partial charge in [0.25, 0.3) is 5.91 Å². The number of aromatic nitrogens is 2. The molecule has 7 heteroatoms. The lowest BCUT2D eigenvalue weighted by atomic mass is 10.1. The molecule has 1 aliphatic heterocycles. The van der Waals surface area contributed by atoms with Crippen molar-refractivity contribution in [1.82, 2.24) is 19.4 Å². The summed E-state index contributed by atoms with van der Waals surface area (Å²) in [6.45, 7) is 8.37. The summed E-state index contributed by atoms with van der Waals surface area (Å²) in [5, 5.41) is 1.91. The van der Waals surface area contributed by atoms with Gasteiger partial charge in [0.05, 0.1) is 4.88 Å². The number of imidazole rings is 1. The topological polar surface area (TPSA) is 58.4 Å². The Bertz CT molecular complexity index is 730. The van der Waals surface area contributed by atoms with Gasteiger partial charge in [-0.15, -0.1) is 11.3 Å². The maximum absolute atomic E-state index is 12.9. The number of hydrogen-bond donors (Lipinski definition) is 0. The molecule has 0 radical (unpaired) electrons. The number of piperazine rings is 1. The van der Waals surface area contributed by atoms with Crippen LogP contribution < -0.4 is 0 Å². The zero-order chi connectivity index (χ0) is 18.0. The fraction of sp³-hybridized carbons (Fsp3) is 0.500. The van der Waals surface area contributed by atoms with Crippen molar-refractivity contribution in [3.8, 4) is 0 Å². The highest BCUT2D eigenvalue weighted by Crippen LogP contribution is 2.20. The van der Waals surface area contributed by atoms with Crippen LogP contribution >= 0.6 is 11.3 Å². The Hall–Kier alpha value is -2.15. The van der Waals surface area contributed by atoms with E-state index in [1.54, 1.807) is 6.20 Å². The second-order valence-electron chi connectivity index (χ2n) is 6.62. The van der Waals surface area contributed by atoms with Gasteiger partial charge in [0.2, 0.25) is 5.91 Å². The molecule has 0 N–H and O–H groups in total. The minimum absolute atomic E-state index is 0.0619. The first-order valence-electron chi connectivity index (χ1n) is 8.63. The first-order chi connectivity index (χ1) is 12.0. The predicted octanol–water partition coefficient (Wildman–Crippen LogP) is 2.61. The standard InChI is InChI=1S/C18H24N4O2S/c1-13(2)16-19-6-7-22(16)14(3)17(23)20-8-10-21(11-9-20)18(24)15-5-4-12-25-15/h4-7,12-14H,8-11H2,1-3H3. The second-order valence-corrected chi connectivity index (χ2v) is 7.57. The molecule has 0 bridgehead atoms. The molecule has 6 nitrogen and oxygen atoms in total. The van der Waals surface area contributed by atoms with Crippen molar-refractivity contribution in [2.24, 2.45) is 0 Å². The van der Waals surface area contributed by atoms with E-state index in [2.05, 4.69) is 18.8 Å². The Balaban J connectivity index is 1.61. The van der Waals surface area contributed by atoms with E-state index in [1.165, 1.54) is 11.3 Å². The molecule has 0 saturated carbocycles. The minimum Gasteiger partial charge on any atom is -0.337 e. The van der Waals surface area contributed by atoms with Crippen LogP contribution in [0.15, 0.2) is 29.9 Å². The van der Waals surface area contributed by atoms with E-state index in [-0.39, 0.29) is 23.8 Å². The molecule has 1 aliphatic rings. The lowest BCUT2D eigenvalue weighted by Crippen LogP contribution is -2.51. The third-order valence-corrected chi connectivity index (χ3v) is 5.46. The molecule has 0 spiro atoms. The molecule has 1 atom stereocenters. The van der Waals surface area contributed by atoms with E-state index in [1.807, 2.05) is 45.0 Å². The summed E-state index contributed by atoms with van der Waals surface area (Å²) in [4.78, 5) is 34.1. The van der Waals surface area contributed by atoms with E-state index in [4.69, 9.17) is 0 Å². The summed E-state index contributed by atoms with van der Waals surface area (Å²) < 4.78 is 1.95. The van der Waals surface area contributed by atoms with E-state index < -0.39 is 0 Å². The van der Waals surface area contributed by atoms with Gasteiger partial charge in [-0.3, -0.25) is 9.59 Å². The number of hydrogen-bond acceptors (Lipinski definition) is 4. The summed E-state index contributed by atoms with van der Waals surface area (Å²) >= 11 is 1.46. The maximum atomic E-state index is 12.9. The van der Waals surface area contributed by atoms with Crippen molar-refractivity contribution >= 4 is 23.2 Å². The molecule has 25 heavy (non-hydrogen) atoms. The van der Waals surface area contributed by atoms with Gasteiger partial charge in [-0.2, -0.15) is 0 Å². The van der Waals surface area contributed by atoms with Gasteiger partial charge in [0.15, 0.2) is 0 Å². The van der Waals surface area contributed by atoms with E-state index in [9.17, 15) is 9.59 Å². The van der Waals surface area contributed by atoms with E-state index >= 15 is 0 Å². The van der Waals surface area contributed by atoms with Gasteiger partial charge in [-0.1, -0.05) is 19.9 Å². The lowest BCUT2D eigenvalue weighted by molar-refractivity contribution is -0.135. The van der Waals surface area contributed by atoms with Crippen LogP contribution in [-0.2, 0) is 4.79 Å². The highest BCUT2D eigenvalue weighted by Gasteiger charge is 2.29. The monoisotopic (exact) mass is 360 g/mol. The van der Waals surface area contributed by atoms with Crippen molar-refractivity contribution < 1.29 is 9.59 Å². The first kappa shape index (κ1) is 17.7. The number of carbonyl (C=O) groups is 2. The molecule has 1 saturated heterocycles. The van der Waals surface area contributed by atoms with Crippen LogP contribution in [-0.4, -0.2) is 57.3 Å². The summed E-state index contributed by atoms with van der Waals surface area (Å²) in [6.07, 6.45) is 3.62. The van der Waals surface area contributed by atoms with Crippen LogP contribution in [0.2, 0.25) is 0 Å². The lowest BCUT2D eigenvalue weighted by Gasteiger charge is -2.36. The van der Waals surface area contributed by atoms with Crippen molar-refractivity contribution in [2.75, 3.05) is 26.2 Å². The van der Waals surface area contributed by atoms with Crippen LogP contribution in [0.4, 0.5) is 0 Å². The summed E-state index contributed by atoms with van der Waals surface area (Å²) in [5.74, 6) is 1.34. The zero-order valence-corrected chi connectivity index (χ0v) is 15.7. The second kappa shape index (κ2) is 7.39. The van der Waals surface area contributed by atoms with Gasteiger partial charge < -0.3 is 14.4 Å². The molecule has 0 aromatic carbocycles. The SMILES string of the molecule is CC(C)c1nccn1C(C)C(=O)N1CCN(C(=O)c2cccs2)CC1. The Morgan fingerprint density at radius 3 is 2.40 bits per heavy atom. The normalized spacial score (nSPS) is 16.3. The van der Waals surface area contributed by atoms with Gasteiger partial charge in [-0.05, 0) is 18.4 Å². The first-order valence-corrected chi connectivity index (χ1v) is 9.51. The largest absolute Gasteiger partial charge is 0.337 e. The Kier molecular flexibility index (Phi) is 5.22. The highest BCUT2D eigenvalue weighted by molar-refractivity contribution is 7.12. The molecule has 1 unspecified atom stereocenters. The quantitative estimate of drug-likeness (QED) is 0.842. The minimum atomic E-state index is -0.278. The molecule has 2 amide bonds. The summed E-state index contributed by atoms with van der Waals surface area (Å²) in [6, 6.07) is 3.45. The molecular weight excluding hydrogens is 336 g/mol. The molecule has 2 aromatic rings. The number of carbonyl (C=O) groups excluding carboxylic acids is 2. The van der Waals surface area contributed by atoms with Crippen molar-refractivity contribution in [3.05, 3.63) is 40.6 Å². The van der Waals surface area contributed by atoms with Crippen LogP contribution in [0.5, 0.6) is 0 Å². The van der Waals surface area contributed by atoms with Crippen LogP contribution in [0.3, 0.4) is 0 Å². The molecular formula is C18H24N4O2S. The molecule has 3 rings (SSSR count).